The molecule has 3 heterocycles. The minimum absolute atomic E-state index is 0.00419. The first kappa shape index (κ1) is 19.1. The van der Waals surface area contributed by atoms with Crippen molar-refractivity contribution < 1.29 is 19.2 Å². The van der Waals surface area contributed by atoms with Gasteiger partial charge in [-0.25, -0.2) is 0 Å². The van der Waals surface area contributed by atoms with Crippen molar-refractivity contribution >= 4 is 5.91 Å². The Labute approximate surface area is 164 Å². The number of rotatable bonds is 4. The summed E-state index contributed by atoms with van der Waals surface area (Å²) >= 11 is 0. The Balaban J connectivity index is 1.55. The Bertz CT molecular complexity index is 803. The van der Waals surface area contributed by atoms with Gasteiger partial charge in [-0.2, -0.15) is 0 Å². The number of carbonyl (C=O) groups is 1. The van der Waals surface area contributed by atoms with Gasteiger partial charge < -0.3 is 19.3 Å². The summed E-state index contributed by atoms with van der Waals surface area (Å²) in [5.74, 6) is 0.582. The van der Waals surface area contributed by atoms with Gasteiger partial charge in [-0.05, 0) is 18.9 Å². The Morgan fingerprint density at radius 3 is 2.68 bits per heavy atom. The number of aromatic nitrogens is 1. The molecule has 1 aromatic carbocycles. The van der Waals surface area contributed by atoms with E-state index in [4.69, 9.17) is 9.26 Å². The standard InChI is InChI=1S/C21H27N3O4/c1-16-13-18(28-22-16)14-20(25)24-8-7-21(26,17-5-3-2-4-6-17)19(15-24)23-9-11-27-12-10-23/h2-6,13,19,26H,7-12,14-15H2,1H3/t19-,21+/m1/s1. The minimum atomic E-state index is -0.988. The number of amides is 1. The number of ether oxygens (including phenoxy) is 1. The summed E-state index contributed by atoms with van der Waals surface area (Å²) < 4.78 is 10.7. The zero-order valence-electron chi connectivity index (χ0n) is 16.2. The lowest BCUT2D eigenvalue weighted by atomic mass is 9.79. The van der Waals surface area contributed by atoms with E-state index in [1.165, 1.54) is 0 Å². The monoisotopic (exact) mass is 385 g/mol. The Morgan fingerprint density at radius 1 is 1.25 bits per heavy atom. The number of nitrogens with zero attached hydrogens (tertiary/aromatic N) is 3. The third-order valence-electron chi connectivity index (χ3n) is 5.82. The van der Waals surface area contributed by atoms with Crippen LogP contribution in [-0.4, -0.2) is 71.4 Å². The second-order valence-electron chi connectivity index (χ2n) is 7.66. The van der Waals surface area contributed by atoms with Crippen LogP contribution in [0.1, 0.15) is 23.4 Å². The van der Waals surface area contributed by atoms with Crippen LogP contribution >= 0.6 is 0 Å². The topological polar surface area (TPSA) is 79.0 Å². The third-order valence-corrected chi connectivity index (χ3v) is 5.82. The number of aryl methyl sites for hydroxylation is 1. The van der Waals surface area contributed by atoms with Crippen LogP contribution in [0, 0.1) is 6.92 Å². The predicted molar refractivity (Wildman–Crippen MR) is 103 cm³/mol. The molecule has 7 nitrogen and oxygen atoms in total. The van der Waals surface area contributed by atoms with Crippen LogP contribution in [0.25, 0.3) is 0 Å². The fraction of sp³-hybridized carbons (Fsp3) is 0.524. The van der Waals surface area contributed by atoms with Crippen LogP contribution in [-0.2, 0) is 21.6 Å². The number of aliphatic hydroxyl groups is 1. The average molecular weight is 385 g/mol. The van der Waals surface area contributed by atoms with E-state index in [1.807, 2.05) is 42.2 Å². The minimum Gasteiger partial charge on any atom is -0.383 e. The quantitative estimate of drug-likeness (QED) is 0.856. The van der Waals surface area contributed by atoms with E-state index in [0.717, 1.165) is 24.3 Å². The second-order valence-corrected chi connectivity index (χ2v) is 7.66. The molecule has 2 saturated heterocycles. The maximum atomic E-state index is 12.9. The molecule has 0 spiro atoms. The van der Waals surface area contributed by atoms with E-state index < -0.39 is 5.60 Å². The molecule has 150 valence electrons. The highest BCUT2D eigenvalue weighted by atomic mass is 16.5. The highest BCUT2D eigenvalue weighted by molar-refractivity contribution is 5.78. The fourth-order valence-electron chi connectivity index (χ4n) is 4.28. The molecule has 0 radical (unpaired) electrons. The van der Waals surface area contributed by atoms with Gasteiger partial charge in [0, 0.05) is 32.2 Å². The molecule has 2 aliphatic heterocycles. The highest BCUT2D eigenvalue weighted by Crippen LogP contribution is 2.36. The molecule has 28 heavy (non-hydrogen) atoms. The van der Waals surface area contributed by atoms with Gasteiger partial charge in [0.15, 0.2) is 0 Å². The van der Waals surface area contributed by atoms with Crippen molar-refractivity contribution in [1.29, 1.82) is 0 Å². The maximum absolute atomic E-state index is 12.9. The molecule has 1 aromatic heterocycles. The molecule has 1 amide bonds. The Hall–Kier alpha value is -2.22. The summed E-state index contributed by atoms with van der Waals surface area (Å²) in [5.41, 5.74) is 0.689. The van der Waals surface area contributed by atoms with E-state index in [0.29, 0.717) is 38.5 Å². The number of hydrogen-bond acceptors (Lipinski definition) is 6. The molecular formula is C21H27N3O4. The van der Waals surface area contributed by atoms with E-state index >= 15 is 0 Å². The van der Waals surface area contributed by atoms with Gasteiger partial charge in [0.2, 0.25) is 5.91 Å². The van der Waals surface area contributed by atoms with Gasteiger partial charge in [-0.3, -0.25) is 9.69 Å². The summed E-state index contributed by atoms with van der Waals surface area (Å²) in [5, 5.41) is 15.6. The summed E-state index contributed by atoms with van der Waals surface area (Å²) in [6, 6.07) is 11.4. The first-order valence-electron chi connectivity index (χ1n) is 9.86. The number of benzene rings is 1. The molecular weight excluding hydrogens is 358 g/mol. The van der Waals surface area contributed by atoms with Gasteiger partial charge in [0.1, 0.15) is 11.4 Å². The number of morpholine rings is 1. The molecule has 1 N–H and O–H groups in total. The zero-order valence-corrected chi connectivity index (χ0v) is 16.2. The predicted octanol–water partition coefficient (Wildman–Crippen LogP) is 1.35. The molecule has 2 fully saturated rings. The normalized spacial score (nSPS) is 26.4. The van der Waals surface area contributed by atoms with E-state index in [1.54, 1.807) is 6.07 Å². The smallest absolute Gasteiger partial charge is 0.230 e. The Kier molecular flexibility index (Phi) is 5.48. The number of likely N-dealkylation sites (tertiary alicyclic amines) is 1. The molecule has 0 unspecified atom stereocenters. The summed E-state index contributed by atoms with van der Waals surface area (Å²) in [7, 11) is 0. The van der Waals surface area contributed by atoms with E-state index in [9.17, 15) is 9.90 Å². The largest absolute Gasteiger partial charge is 0.383 e. The van der Waals surface area contributed by atoms with Crippen LogP contribution in [0.3, 0.4) is 0 Å². The molecule has 2 atom stereocenters. The maximum Gasteiger partial charge on any atom is 0.230 e. The van der Waals surface area contributed by atoms with Gasteiger partial charge in [-0.15, -0.1) is 0 Å². The first-order chi connectivity index (χ1) is 13.6. The SMILES string of the molecule is Cc1cc(CC(=O)N2CC[C@](O)(c3ccccc3)[C@H](N3CCOCC3)C2)on1. The Morgan fingerprint density at radius 2 is 2.00 bits per heavy atom. The molecule has 2 aromatic rings. The van der Waals surface area contributed by atoms with Gasteiger partial charge in [0.25, 0.3) is 0 Å². The molecule has 0 saturated carbocycles. The van der Waals surface area contributed by atoms with Crippen LogP contribution in [0.2, 0.25) is 0 Å². The lowest BCUT2D eigenvalue weighted by Gasteiger charge is -2.50. The van der Waals surface area contributed by atoms with Crippen LogP contribution < -0.4 is 0 Å². The van der Waals surface area contributed by atoms with Crippen molar-refractivity contribution in [3.8, 4) is 0 Å². The number of hydrogen-bond donors (Lipinski definition) is 1. The summed E-state index contributed by atoms with van der Waals surface area (Å²) in [6.45, 7) is 5.63. The molecule has 0 aliphatic carbocycles. The fourth-order valence-corrected chi connectivity index (χ4v) is 4.28. The first-order valence-corrected chi connectivity index (χ1v) is 9.86. The highest BCUT2D eigenvalue weighted by Gasteiger charge is 2.46. The number of carbonyl (C=O) groups excluding carboxylic acids is 1. The lowest BCUT2D eigenvalue weighted by Crippen LogP contribution is -2.63. The second kappa shape index (κ2) is 8.03. The van der Waals surface area contributed by atoms with E-state index in [-0.39, 0.29) is 18.4 Å². The lowest BCUT2D eigenvalue weighted by molar-refractivity contribution is -0.147. The summed E-state index contributed by atoms with van der Waals surface area (Å²) in [6.07, 6.45) is 0.695. The van der Waals surface area contributed by atoms with Gasteiger partial charge in [-0.1, -0.05) is 35.5 Å². The molecule has 2 aliphatic rings. The van der Waals surface area contributed by atoms with Crippen molar-refractivity contribution in [2.45, 2.75) is 31.4 Å². The van der Waals surface area contributed by atoms with Crippen LogP contribution in [0.5, 0.6) is 0 Å². The van der Waals surface area contributed by atoms with Crippen molar-refractivity contribution in [2.75, 3.05) is 39.4 Å². The van der Waals surface area contributed by atoms with Crippen molar-refractivity contribution in [2.24, 2.45) is 0 Å². The summed E-state index contributed by atoms with van der Waals surface area (Å²) in [4.78, 5) is 17.0. The molecule has 4 rings (SSSR count). The third kappa shape index (κ3) is 3.83. The van der Waals surface area contributed by atoms with Crippen molar-refractivity contribution in [1.82, 2.24) is 15.0 Å². The van der Waals surface area contributed by atoms with E-state index in [2.05, 4.69) is 10.1 Å². The van der Waals surface area contributed by atoms with Crippen molar-refractivity contribution in [3.63, 3.8) is 0 Å². The van der Waals surface area contributed by atoms with Gasteiger partial charge >= 0.3 is 0 Å². The number of piperidine rings is 1. The zero-order chi connectivity index (χ0) is 19.6. The molecule has 7 heteroatoms. The van der Waals surface area contributed by atoms with Crippen LogP contribution in [0.15, 0.2) is 40.9 Å². The van der Waals surface area contributed by atoms with Gasteiger partial charge in [0.05, 0.1) is 31.4 Å². The van der Waals surface area contributed by atoms with Crippen LogP contribution in [0.4, 0.5) is 0 Å². The van der Waals surface area contributed by atoms with Crippen molar-refractivity contribution in [3.05, 3.63) is 53.4 Å². The molecule has 0 bridgehead atoms. The average Bonchev–Trinajstić information content (AvgIpc) is 3.14.